The first-order valence-corrected chi connectivity index (χ1v) is 10.3. The van der Waals surface area contributed by atoms with Gasteiger partial charge < -0.3 is 14.5 Å². The zero-order valence-electron chi connectivity index (χ0n) is 17.4. The molecule has 2 amide bonds. The van der Waals surface area contributed by atoms with Crippen LogP contribution in [0.4, 0.5) is 15.6 Å². The zero-order chi connectivity index (χ0) is 22.2. The summed E-state index contributed by atoms with van der Waals surface area (Å²) in [5, 5.41) is 7.96. The van der Waals surface area contributed by atoms with Crippen LogP contribution in [0.3, 0.4) is 0 Å². The third-order valence-electron chi connectivity index (χ3n) is 4.44. The van der Waals surface area contributed by atoms with E-state index in [2.05, 4.69) is 41.4 Å². The smallest absolute Gasteiger partial charge is 0.421 e. The number of hydrogen-bond donors (Lipinski definition) is 2. The number of urea groups is 1. The molecule has 10 heteroatoms. The summed E-state index contributed by atoms with van der Waals surface area (Å²) < 4.78 is 12.4. The summed E-state index contributed by atoms with van der Waals surface area (Å²) in [5.74, 6) is 0.283. The van der Waals surface area contributed by atoms with Crippen LogP contribution in [0.5, 0.6) is 11.5 Å². The molecule has 3 heterocycles. The van der Waals surface area contributed by atoms with E-state index >= 15 is 0 Å². The number of hydrogen-bond acceptors (Lipinski definition) is 7. The van der Waals surface area contributed by atoms with E-state index in [9.17, 15) is 9.59 Å². The Kier molecular flexibility index (Phi) is 5.24. The summed E-state index contributed by atoms with van der Waals surface area (Å²) in [5.41, 5.74) is 2.00. The number of anilines is 2. The summed E-state index contributed by atoms with van der Waals surface area (Å²) in [4.78, 5) is 32.7. The van der Waals surface area contributed by atoms with Crippen LogP contribution in [-0.2, 0) is 12.5 Å². The molecule has 160 valence electrons. The number of aromatic nitrogens is 3. The van der Waals surface area contributed by atoms with Crippen LogP contribution < -0.4 is 21.1 Å². The topological polar surface area (TPSA) is 111 Å². The van der Waals surface area contributed by atoms with Crippen molar-refractivity contribution >= 4 is 39.4 Å². The first-order valence-electron chi connectivity index (χ1n) is 9.47. The van der Waals surface area contributed by atoms with Gasteiger partial charge in [0.15, 0.2) is 16.5 Å². The minimum absolute atomic E-state index is 0.0884. The minimum atomic E-state index is -0.526. The van der Waals surface area contributed by atoms with Gasteiger partial charge in [-0.2, -0.15) is 0 Å². The SMILES string of the molecule is Cn1c(=O)oc2c(Oc3cccc(NC(=O)Nc4nc(C(C)(C)C)cs4)c3)ccnc21. The second kappa shape index (κ2) is 7.88. The average Bonchev–Trinajstić information content (AvgIpc) is 3.28. The number of benzene rings is 1. The zero-order valence-corrected chi connectivity index (χ0v) is 18.2. The highest BCUT2D eigenvalue weighted by Gasteiger charge is 2.18. The summed E-state index contributed by atoms with van der Waals surface area (Å²) in [6, 6.07) is 8.06. The van der Waals surface area contributed by atoms with Crippen molar-refractivity contribution in [2.24, 2.45) is 7.05 Å². The van der Waals surface area contributed by atoms with E-state index in [0.717, 1.165) is 5.69 Å². The maximum Gasteiger partial charge on any atom is 0.421 e. The molecule has 0 atom stereocenters. The maximum absolute atomic E-state index is 12.4. The highest BCUT2D eigenvalue weighted by Crippen LogP contribution is 2.30. The highest BCUT2D eigenvalue weighted by molar-refractivity contribution is 7.14. The Hall–Kier alpha value is -3.66. The van der Waals surface area contributed by atoms with Crippen molar-refractivity contribution in [2.45, 2.75) is 26.2 Å². The largest absolute Gasteiger partial charge is 0.453 e. The van der Waals surface area contributed by atoms with Crippen LogP contribution in [0, 0.1) is 0 Å². The van der Waals surface area contributed by atoms with E-state index in [1.165, 1.54) is 22.1 Å². The Morgan fingerprint density at radius 3 is 2.77 bits per heavy atom. The molecule has 0 aliphatic carbocycles. The summed E-state index contributed by atoms with van der Waals surface area (Å²) in [7, 11) is 1.57. The Morgan fingerprint density at radius 1 is 1.23 bits per heavy atom. The molecule has 0 saturated heterocycles. The molecule has 4 aromatic rings. The Labute approximate surface area is 181 Å². The molecule has 0 unspecified atom stereocenters. The van der Waals surface area contributed by atoms with Crippen molar-refractivity contribution < 1.29 is 13.9 Å². The van der Waals surface area contributed by atoms with Gasteiger partial charge in [-0.3, -0.25) is 9.88 Å². The predicted octanol–water partition coefficient (Wildman–Crippen LogP) is 4.72. The lowest BCUT2D eigenvalue weighted by molar-refractivity contribution is 0.262. The molecule has 3 aromatic heterocycles. The molecule has 31 heavy (non-hydrogen) atoms. The third-order valence-corrected chi connectivity index (χ3v) is 5.20. The van der Waals surface area contributed by atoms with Crippen LogP contribution in [0.15, 0.2) is 51.1 Å². The van der Waals surface area contributed by atoms with E-state index in [0.29, 0.717) is 28.0 Å². The van der Waals surface area contributed by atoms with E-state index in [4.69, 9.17) is 9.15 Å². The van der Waals surface area contributed by atoms with Crippen LogP contribution in [0.25, 0.3) is 11.2 Å². The van der Waals surface area contributed by atoms with Crippen molar-refractivity contribution in [3.8, 4) is 11.5 Å². The Morgan fingerprint density at radius 2 is 2.03 bits per heavy atom. The van der Waals surface area contributed by atoms with E-state index in [1.54, 1.807) is 37.4 Å². The maximum atomic E-state index is 12.4. The second-order valence-electron chi connectivity index (χ2n) is 7.89. The number of amides is 2. The number of nitrogens with one attached hydrogen (secondary N) is 2. The average molecular weight is 439 g/mol. The van der Waals surface area contributed by atoms with E-state index < -0.39 is 11.8 Å². The number of pyridine rings is 1. The van der Waals surface area contributed by atoms with Crippen LogP contribution in [0.2, 0.25) is 0 Å². The highest BCUT2D eigenvalue weighted by atomic mass is 32.1. The number of rotatable bonds is 4. The molecule has 0 fully saturated rings. The molecule has 1 aromatic carbocycles. The number of oxazole rings is 1. The fraction of sp³-hybridized carbons (Fsp3) is 0.238. The van der Waals surface area contributed by atoms with Gasteiger partial charge in [0.05, 0.1) is 5.69 Å². The normalized spacial score (nSPS) is 11.5. The van der Waals surface area contributed by atoms with Crippen LogP contribution in [-0.4, -0.2) is 20.6 Å². The number of thiazole rings is 1. The first kappa shape index (κ1) is 20.6. The Balaban J connectivity index is 1.48. The standard InChI is InChI=1S/C21H21N5O4S/c1-21(2,3)15-11-31-19(24-15)25-18(27)23-12-6-5-7-13(10-12)29-14-8-9-22-17-16(14)30-20(28)26(17)4/h5-11H,1-4H3,(H2,23,24,25,27). The third kappa shape index (κ3) is 4.43. The monoisotopic (exact) mass is 439 g/mol. The van der Waals surface area contributed by atoms with Gasteiger partial charge in [-0.05, 0) is 12.1 Å². The molecule has 0 radical (unpaired) electrons. The Bertz CT molecular complexity index is 1320. The van der Waals surface area contributed by atoms with Gasteiger partial charge in [0, 0.05) is 41.9 Å². The summed E-state index contributed by atoms with van der Waals surface area (Å²) >= 11 is 1.37. The summed E-state index contributed by atoms with van der Waals surface area (Å²) in [6.07, 6.45) is 1.53. The summed E-state index contributed by atoms with van der Waals surface area (Å²) in [6.45, 7) is 6.19. The molecule has 9 nitrogen and oxygen atoms in total. The van der Waals surface area contributed by atoms with Crippen LogP contribution >= 0.6 is 11.3 Å². The van der Waals surface area contributed by atoms with Gasteiger partial charge in [-0.1, -0.05) is 26.8 Å². The number of aryl methyl sites for hydroxylation is 1. The molecule has 4 rings (SSSR count). The molecular weight excluding hydrogens is 418 g/mol. The number of fused-ring (bicyclic) bond motifs is 1. The fourth-order valence-electron chi connectivity index (χ4n) is 2.78. The minimum Gasteiger partial charge on any atom is -0.453 e. The molecule has 0 bridgehead atoms. The van der Waals surface area contributed by atoms with Gasteiger partial charge in [0.25, 0.3) is 0 Å². The lowest BCUT2D eigenvalue weighted by Crippen LogP contribution is -2.19. The van der Waals surface area contributed by atoms with Gasteiger partial charge >= 0.3 is 11.8 Å². The van der Waals surface area contributed by atoms with E-state index in [1.807, 2.05) is 5.38 Å². The molecular formula is C21H21N5O4S. The van der Waals surface area contributed by atoms with Gasteiger partial charge in [0.2, 0.25) is 5.58 Å². The lowest BCUT2D eigenvalue weighted by Gasteiger charge is -2.14. The fourth-order valence-corrected chi connectivity index (χ4v) is 3.71. The van der Waals surface area contributed by atoms with Crippen molar-refractivity contribution in [3.63, 3.8) is 0 Å². The van der Waals surface area contributed by atoms with Gasteiger partial charge in [-0.25, -0.2) is 19.6 Å². The predicted molar refractivity (Wildman–Crippen MR) is 119 cm³/mol. The molecule has 0 saturated carbocycles. The van der Waals surface area contributed by atoms with Gasteiger partial charge in [-0.15, -0.1) is 11.3 Å². The number of nitrogens with zero attached hydrogens (tertiary/aromatic N) is 3. The second-order valence-corrected chi connectivity index (χ2v) is 8.74. The van der Waals surface area contributed by atoms with Gasteiger partial charge in [0.1, 0.15) is 5.75 Å². The quantitative estimate of drug-likeness (QED) is 0.476. The molecule has 0 spiro atoms. The van der Waals surface area contributed by atoms with Crippen molar-refractivity contribution in [2.75, 3.05) is 10.6 Å². The van der Waals surface area contributed by atoms with Crippen LogP contribution in [0.1, 0.15) is 26.5 Å². The first-order chi connectivity index (χ1) is 14.7. The number of carbonyl (C=O) groups is 1. The van der Waals surface area contributed by atoms with Crippen molar-refractivity contribution in [3.05, 3.63) is 58.2 Å². The number of ether oxygens (including phenoxy) is 1. The van der Waals surface area contributed by atoms with Crippen molar-refractivity contribution in [1.82, 2.24) is 14.5 Å². The lowest BCUT2D eigenvalue weighted by atomic mass is 9.93. The molecule has 0 aliphatic rings. The van der Waals surface area contributed by atoms with E-state index in [-0.39, 0.29) is 11.0 Å². The molecule has 2 N–H and O–H groups in total. The number of carbonyl (C=O) groups excluding carboxylic acids is 1. The molecule has 0 aliphatic heterocycles. The van der Waals surface area contributed by atoms with Crippen molar-refractivity contribution in [1.29, 1.82) is 0 Å².